The third kappa shape index (κ3) is 1.84. The highest BCUT2D eigenvalue weighted by Crippen LogP contribution is 2.24. The van der Waals surface area contributed by atoms with E-state index in [0.29, 0.717) is 17.9 Å². The van der Waals surface area contributed by atoms with Crippen LogP contribution in [0.25, 0.3) is 0 Å². The molecule has 0 spiro atoms. The summed E-state index contributed by atoms with van der Waals surface area (Å²) >= 11 is 0. The molecule has 80 valence electrons. The van der Waals surface area contributed by atoms with E-state index in [0.717, 1.165) is 25.9 Å². The Balaban J connectivity index is 2.01. The summed E-state index contributed by atoms with van der Waals surface area (Å²) in [6.07, 6.45) is 2.76. The number of nitrogens with zero attached hydrogens (tertiary/aromatic N) is 2. The van der Waals surface area contributed by atoms with Gasteiger partial charge in [0.2, 0.25) is 0 Å². The summed E-state index contributed by atoms with van der Waals surface area (Å²) < 4.78 is 0. The van der Waals surface area contributed by atoms with Crippen LogP contribution in [0.3, 0.4) is 0 Å². The second-order valence-corrected chi connectivity index (χ2v) is 4.68. The largest absolute Gasteiger partial charge is 0.300 e. The quantitative estimate of drug-likeness (QED) is 0.651. The topological polar surface area (TPSA) is 23.6 Å². The first kappa shape index (κ1) is 10.1. The Kier molecular flexibility index (Phi) is 2.88. The van der Waals surface area contributed by atoms with Gasteiger partial charge in [-0.25, -0.2) is 0 Å². The number of fused-ring (bicyclic) bond motifs is 2. The molecule has 0 amide bonds. The maximum atomic E-state index is 11.4. The SMILES string of the molecule is CCCN1C[C@H]2CC(=O)C[C@@H](C1)N2C. The third-order valence-corrected chi connectivity index (χ3v) is 3.56. The van der Waals surface area contributed by atoms with E-state index in [9.17, 15) is 4.79 Å². The summed E-state index contributed by atoms with van der Waals surface area (Å²) in [6.45, 7) is 5.59. The molecule has 2 rings (SSSR count). The predicted octanol–water partition coefficient (Wildman–Crippen LogP) is 0.744. The number of piperazine rings is 1. The Labute approximate surface area is 86.1 Å². The lowest BCUT2D eigenvalue weighted by Crippen LogP contribution is -2.61. The Morgan fingerprint density at radius 3 is 2.36 bits per heavy atom. The van der Waals surface area contributed by atoms with Crippen molar-refractivity contribution >= 4 is 5.78 Å². The van der Waals surface area contributed by atoms with Gasteiger partial charge in [0, 0.05) is 38.0 Å². The summed E-state index contributed by atoms with van der Waals surface area (Å²) in [4.78, 5) is 16.4. The summed E-state index contributed by atoms with van der Waals surface area (Å²) in [5.74, 6) is 0.467. The van der Waals surface area contributed by atoms with Gasteiger partial charge in [0.15, 0.2) is 0 Å². The number of likely N-dealkylation sites (N-methyl/N-ethyl adjacent to an activating group) is 1. The van der Waals surface area contributed by atoms with Crippen molar-refractivity contribution in [3.63, 3.8) is 0 Å². The fourth-order valence-electron chi connectivity index (χ4n) is 2.75. The predicted molar refractivity (Wildman–Crippen MR) is 56.3 cm³/mol. The molecule has 3 nitrogen and oxygen atoms in total. The fraction of sp³-hybridized carbons (Fsp3) is 0.909. The van der Waals surface area contributed by atoms with Crippen molar-refractivity contribution in [1.82, 2.24) is 9.80 Å². The van der Waals surface area contributed by atoms with Crippen LogP contribution in [-0.4, -0.2) is 54.3 Å². The summed E-state index contributed by atoms with van der Waals surface area (Å²) in [5.41, 5.74) is 0. The lowest BCUT2D eigenvalue weighted by molar-refractivity contribution is -0.128. The molecule has 2 saturated heterocycles. The minimum atomic E-state index is 0.467. The molecule has 14 heavy (non-hydrogen) atoms. The van der Waals surface area contributed by atoms with Crippen LogP contribution in [0.1, 0.15) is 26.2 Å². The van der Waals surface area contributed by atoms with E-state index in [1.807, 2.05) is 0 Å². The highest BCUT2D eigenvalue weighted by molar-refractivity contribution is 5.80. The highest BCUT2D eigenvalue weighted by Gasteiger charge is 2.37. The Morgan fingerprint density at radius 1 is 1.29 bits per heavy atom. The van der Waals surface area contributed by atoms with Crippen molar-refractivity contribution < 1.29 is 4.79 Å². The molecule has 0 saturated carbocycles. The number of piperidine rings is 1. The van der Waals surface area contributed by atoms with Crippen LogP contribution < -0.4 is 0 Å². The molecule has 0 N–H and O–H groups in total. The zero-order valence-electron chi connectivity index (χ0n) is 9.20. The Morgan fingerprint density at radius 2 is 1.86 bits per heavy atom. The van der Waals surface area contributed by atoms with Gasteiger partial charge in [0.05, 0.1) is 0 Å². The molecule has 0 aliphatic carbocycles. The molecular formula is C11H20N2O. The second-order valence-electron chi connectivity index (χ2n) is 4.68. The molecule has 0 aromatic heterocycles. The molecule has 2 bridgehead atoms. The van der Waals surface area contributed by atoms with Crippen molar-refractivity contribution in [3.8, 4) is 0 Å². The van der Waals surface area contributed by atoms with E-state index in [4.69, 9.17) is 0 Å². The highest BCUT2D eigenvalue weighted by atomic mass is 16.1. The molecule has 0 aromatic rings. The van der Waals surface area contributed by atoms with Crippen molar-refractivity contribution in [2.24, 2.45) is 0 Å². The van der Waals surface area contributed by atoms with Gasteiger partial charge in [-0.1, -0.05) is 6.92 Å². The third-order valence-electron chi connectivity index (χ3n) is 3.56. The molecule has 2 aliphatic rings. The van der Waals surface area contributed by atoms with Crippen molar-refractivity contribution in [2.75, 3.05) is 26.7 Å². The van der Waals surface area contributed by atoms with Crippen LogP contribution in [-0.2, 0) is 4.79 Å². The summed E-state index contributed by atoms with van der Waals surface area (Å²) in [7, 11) is 2.17. The molecule has 2 heterocycles. The lowest BCUT2D eigenvalue weighted by Gasteiger charge is -2.47. The molecule has 0 unspecified atom stereocenters. The maximum Gasteiger partial charge on any atom is 0.136 e. The standard InChI is InChI=1S/C11H20N2O/c1-3-4-13-7-9-5-11(14)6-10(8-13)12(9)2/h9-10H,3-8H2,1-2H3/t9-,10+. The summed E-state index contributed by atoms with van der Waals surface area (Å²) in [6, 6.07) is 0.975. The van der Waals surface area contributed by atoms with Crippen LogP contribution in [0.5, 0.6) is 0 Å². The van der Waals surface area contributed by atoms with Crippen LogP contribution in [0.2, 0.25) is 0 Å². The van der Waals surface area contributed by atoms with Crippen molar-refractivity contribution in [3.05, 3.63) is 0 Å². The van der Waals surface area contributed by atoms with Crippen LogP contribution >= 0.6 is 0 Å². The van der Waals surface area contributed by atoms with Gasteiger partial charge in [-0.05, 0) is 20.0 Å². The first-order valence-electron chi connectivity index (χ1n) is 5.66. The van der Waals surface area contributed by atoms with E-state index in [-0.39, 0.29) is 0 Å². The average molecular weight is 196 g/mol. The molecular weight excluding hydrogens is 176 g/mol. The van der Waals surface area contributed by atoms with E-state index < -0.39 is 0 Å². The minimum absolute atomic E-state index is 0.467. The Bertz CT molecular complexity index is 211. The number of carbonyl (C=O) groups excluding carboxylic acids is 1. The van der Waals surface area contributed by atoms with Gasteiger partial charge in [0.1, 0.15) is 5.78 Å². The van der Waals surface area contributed by atoms with Gasteiger partial charge in [-0.3, -0.25) is 9.69 Å². The molecule has 2 fully saturated rings. The van der Waals surface area contributed by atoms with Crippen LogP contribution in [0.15, 0.2) is 0 Å². The van der Waals surface area contributed by atoms with Gasteiger partial charge in [-0.15, -0.1) is 0 Å². The van der Waals surface area contributed by atoms with Gasteiger partial charge in [0.25, 0.3) is 0 Å². The normalized spacial score (nSPS) is 34.9. The monoisotopic (exact) mass is 196 g/mol. The number of Topliss-reactive ketones (excluding diaryl/α,β-unsaturated/α-hetero) is 1. The van der Waals surface area contributed by atoms with Crippen LogP contribution in [0, 0.1) is 0 Å². The maximum absolute atomic E-state index is 11.4. The minimum Gasteiger partial charge on any atom is -0.300 e. The van der Waals surface area contributed by atoms with Gasteiger partial charge in [-0.2, -0.15) is 0 Å². The number of hydrogen-bond acceptors (Lipinski definition) is 3. The zero-order valence-corrected chi connectivity index (χ0v) is 9.20. The van der Waals surface area contributed by atoms with E-state index in [1.165, 1.54) is 13.0 Å². The molecule has 2 aliphatic heterocycles. The smallest absolute Gasteiger partial charge is 0.136 e. The average Bonchev–Trinajstić information content (AvgIpc) is 2.09. The first-order valence-corrected chi connectivity index (χ1v) is 5.66. The second kappa shape index (κ2) is 3.99. The fourth-order valence-corrected chi connectivity index (χ4v) is 2.75. The molecule has 3 heteroatoms. The van der Waals surface area contributed by atoms with Gasteiger partial charge < -0.3 is 4.90 Å². The van der Waals surface area contributed by atoms with Crippen molar-refractivity contribution in [2.45, 2.75) is 38.3 Å². The first-order chi connectivity index (χ1) is 6.70. The summed E-state index contributed by atoms with van der Waals surface area (Å²) in [5, 5.41) is 0. The molecule has 2 atom stereocenters. The van der Waals surface area contributed by atoms with Gasteiger partial charge >= 0.3 is 0 Å². The van der Waals surface area contributed by atoms with E-state index in [2.05, 4.69) is 23.8 Å². The molecule has 0 radical (unpaired) electrons. The number of hydrogen-bond donors (Lipinski definition) is 0. The Hall–Kier alpha value is -0.410. The van der Waals surface area contributed by atoms with Crippen LogP contribution in [0.4, 0.5) is 0 Å². The lowest BCUT2D eigenvalue weighted by atomic mass is 9.91. The van der Waals surface area contributed by atoms with E-state index in [1.54, 1.807) is 0 Å². The van der Waals surface area contributed by atoms with Crippen molar-refractivity contribution in [1.29, 1.82) is 0 Å². The zero-order chi connectivity index (χ0) is 10.1. The number of carbonyl (C=O) groups is 1. The number of ketones is 1. The molecule has 0 aromatic carbocycles. The number of likely N-dealkylation sites (tertiary alicyclic amines) is 1. The van der Waals surface area contributed by atoms with E-state index >= 15 is 0 Å². The number of rotatable bonds is 2.